The minimum Gasteiger partial charge on any atom is -0.480 e. The number of carboxylic acids is 1. The van der Waals surface area contributed by atoms with Crippen LogP contribution in [0.15, 0.2) is 78.9 Å². The molecule has 4 aromatic rings. The molecule has 5 aliphatic rings. The molecule has 5 nitrogen and oxygen atoms in total. The van der Waals surface area contributed by atoms with Gasteiger partial charge in [0.15, 0.2) is 0 Å². The number of benzene rings is 3. The van der Waals surface area contributed by atoms with E-state index in [4.69, 9.17) is 0 Å². The highest BCUT2D eigenvalue weighted by molar-refractivity contribution is 5.91. The summed E-state index contributed by atoms with van der Waals surface area (Å²) in [6.07, 6.45) is 7.61. The van der Waals surface area contributed by atoms with Crippen molar-refractivity contribution in [1.82, 2.24) is 9.47 Å². The van der Waals surface area contributed by atoms with Gasteiger partial charge in [-0.1, -0.05) is 60.7 Å². The number of fused-ring (bicyclic) bond motifs is 3. The van der Waals surface area contributed by atoms with Gasteiger partial charge in [-0.3, -0.25) is 4.79 Å². The van der Waals surface area contributed by atoms with Gasteiger partial charge in [0.2, 0.25) is 5.91 Å². The van der Waals surface area contributed by atoms with Gasteiger partial charge in [0.05, 0.1) is 5.54 Å². The summed E-state index contributed by atoms with van der Waals surface area (Å²) in [5.74, 6) is 0.424. The molecule has 0 radical (unpaired) electrons. The Morgan fingerprint density at radius 1 is 0.841 bits per heavy atom. The Kier molecular flexibility index (Phi) is 6.30. The monoisotopic (exact) mass is 590 g/mol. The number of nitrogens with zero attached hydrogens (tertiary/aromatic N) is 2. The second kappa shape index (κ2) is 10.0. The first-order valence-corrected chi connectivity index (χ1v) is 16.2. The minimum atomic E-state index is -0.957. The zero-order valence-electron chi connectivity index (χ0n) is 25.2. The Balaban J connectivity index is 1.49. The Hall–Kier alpha value is -3.93. The number of aromatic nitrogens is 1. The van der Waals surface area contributed by atoms with Crippen molar-refractivity contribution < 1.29 is 19.1 Å². The van der Waals surface area contributed by atoms with Gasteiger partial charge in [-0.2, -0.15) is 0 Å². The molecule has 4 bridgehead atoms. The number of carbonyl (C=O) groups is 2. The van der Waals surface area contributed by atoms with Crippen molar-refractivity contribution in [3.63, 3.8) is 0 Å². The third-order valence-corrected chi connectivity index (χ3v) is 11.7. The van der Waals surface area contributed by atoms with Gasteiger partial charge in [0.1, 0.15) is 11.9 Å². The molecule has 2 atom stereocenters. The highest BCUT2D eigenvalue weighted by atomic mass is 19.1. The maximum atomic E-state index is 14.2. The van der Waals surface area contributed by atoms with Crippen LogP contribution in [-0.4, -0.2) is 32.5 Å². The summed E-state index contributed by atoms with van der Waals surface area (Å²) in [5.41, 5.74) is 4.18. The largest absolute Gasteiger partial charge is 0.480 e. The molecule has 0 saturated heterocycles. The van der Waals surface area contributed by atoms with Gasteiger partial charge in [-0.05, 0) is 91.2 Å². The molecule has 226 valence electrons. The first kappa shape index (κ1) is 27.6. The van der Waals surface area contributed by atoms with Crippen LogP contribution < -0.4 is 0 Å². The summed E-state index contributed by atoms with van der Waals surface area (Å²) >= 11 is 0. The summed E-state index contributed by atoms with van der Waals surface area (Å²) in [6.45, 7) is 2.09. The van der Waals surface area contributed by atoms with E-state index in [1.165, 1.54) is 31.4 Å². The van der Waals surface area contributed by atoms with Crippen LogP contribution >= 0.6 is 0 Å². The molecule has 1 amide bonds. The zero-order chi connectivity index (χ0) is 30.2. The molecule has 0 spiro atoms. The Labute approximate surface area is 257 Å². The van der Waals surface area contributed by atoms with E-state index in [0.717, 1.165) is 52.5 Å². The molecule has 4 fully saturated rings. The van der Waals surface area contributed by atoms with Crippen LogP contribution in [0.5, 0.6) is 0 Å². The van der Waals surface area contributed by atoms with Gasteiger partial charge in [0, 0.05) is 48.3 Å². The van der Waals surface area contributed by atoms with Crippen LogP contribution in [0.25, 0.3) is 10.9 Å². The van der Waals surface area contributed by atoms with Crippen molar-refractivity contribution in [3.05, 3.63) is 107 Å². The number of hydrogen-bond donors (Lipinski definition) is 1. The molecule has 44 heavy (non-hydrogen) atoms. The molecule has 4 aliphatic carbocycles. The predicted octanol–water partition coefficient (Wildman–Crippen LogP) is 7.34. The number of amides is 1. The van der Waals surface area contributed by atoms with E-state index >= 15 is 0 Å². The summed E-state index contributed by atoms with van der Waals surface area (Å²) in [7, 11) is 0. The first-order chi connectivity index (χ1) is 21.3. The van der Waals surface area contributed by atoms with Crippen molar-refractivity contribution in [2.75, 3.05) is 0 Å². The van der Waals surface area contributed by atoms with Gasteiger partial charge in [-0.15, -0.1) is 0 Å². The lowest BCUT2D eigenvalue weighted by Crippen LogP contribution is -2.71. The van der Waals surface area contributed by atoms with Gasteiger partial charge < -0.3 is 14.6 Å². The molecular weight excluding hydrogens is 551 g/mol. The predicted molar refractivity (Wildman–Crippen MR) is 168 cm³/mol. The lowest BCUT2D eigenvalue weighted by Gasteiger charge is -2.68. The van der Waals surface area contributed by atoms with Crippen LogP contribution in [0.3, 0.4) is 0 Å². The maximum absolute atomic E-state index is 14.2. The fraction of sp³-hybridized carbons (Fsp3) is 0.421. The van der Waals surface area contributed by atoms with E-state index in [2.05, 4.69) is 28.8 Å². The zero-order valence-corrected chi connectivity index (χ0v) is 25.2. The number of para-hydroxylation sites is 1. The Bertz CT molecular complexity index is 1720. The quantitative estimate of drug-likeness (QED) is 0.256. The van der Waals surface area contributed by atoms with E-state index in [1.807, 2.05) is 47.4 Å². The molecule has 0 unspecified atom stereocenters. The maximum Gasteiger partial charge on any atom is 0.326 e. The molecule has 2 heterocycles. The fourth-order valence-corrected chi connectivity index (χ4v) is 10.7. The highest BCUT2D eigenvalue weighted by Gasteiger charge is 2.67. The number of rotatable bonds is 6. The lowest BCUT2D eigenvalue weighted by molar-refractivity contribution is -0.189. The molecule has 4 saturated carbocycles. The van der Waals surface area contributed by atoms with E-state index in [1.54, 1.807) is 6.92 Å². The van der Waals surface area contributed by atoms with E-state index < -0.39 is 17.6 Å². The minimum absolute atomic E-state index is 0.173. The number of carboxylic acid groups (broad SMARTS) is 1. The molecular formula is C38H39FN2O3. The van der Waals surface area contributed by atoms with Crippen molar-refractivity contribution in [2.45, 2.75) is 76.4 Å². The molecule has 1 aliphatic heterocycles. The average Bonchev–Trinajstić information content (AvgIpc) is 3.31. The Morgan fingerprint density at radius 3 is 2.07 bits per heavy atom. The van der Waals surface area contributed by atoms with Crippen LogP contribution in [0.4, 0.5) is 4.39 Å². The van der Waals surface area contributed by atoms with Crippen molar-refractivity contribution >= 4 is 22.8 Å². The van der Waals surface area contributed by atoms with Crippen LogP contribution in [0.1, 0.15) is 67.8 Å². The topological polar surface area (TPSA) is 62.5 Å². The summed E-state index contributed by atoms with van der Waals surface area (Å²) in [5, 5.41) is 11.9. The van der Waals surface area contributed by atoms with E-state index in [9.17, 15) is 19.1 Å². The summed E-state index contributed by atoms with van der Waals surface area (Å²) < 4.78 is 16.4. The van der Waals surface area contributed by atoms with Crippen molar-refractivity contribution in [3.8, 4) is 0 Å². The number of carbonyl (C=O) groups excluding carboxylic acids is 1. The molecule has 9 rings (SSSR count). The summed E-state index contributed by atoms with van der Waals surface area (Å²) in [6, 6.07) is 24.4. The van der Waals surface area contributed by atoms with Gasteiger partial charge in [0.25, 0.3) is 0 Å². The highest BCUT2D eigenvalue weighted by Crippen LogP contribution is 2.69. The fourth-order valence-electron chi connectivity index (χ4n) is 10.7. The molecule has 1 aromatic heterocycles. The number of halogens is 1. The third-order valence-electron chi connectivity index (χ3n) is 11.7. The molecule has 3 aromatic carbocycles. The lowest BCUT2D eigenvalue weighted by atomic mass is 9.42. The smallest absolute Gasteiger partial charge is 0.326 e. The van der Waals surface area contributed by atoms with Gasteiger partial charge >= 0.3 is 5.97 Å². The second-order valence-electron chi connectivity index (χ2n) is 14.2. The normalized spacial score (nSPS) is 30.5. The van der Waals surface area contributed by atoms with Crippen LogP contribution in [0.2, 0.25) is 0 Å². The van der Waals surface area contributed by atoms with Gasteiger partial charge in [-0.25, -0.2) is 9.18 Å². The van der Waals surface area contributed by atoms with E-state index in [0.29, 0.717) is 30.7 Å². The second-order valence-corrected chi connectivity index (χ2v) is 14.2. The van der Waals surface area contributed by atoms with Crippen molar-refractivity contribution in [1.29, 1.82) is 0 Å². The van der Waals surface area contributed by atoms with Crippen molar-refractivity contribution in [2.24, 2.45) is 23.2 Å². The first-order valence-electron chi connectivity index (χ1n) is 16.2. The van der Waals surface area contributed by atoms with Crippen LogP contribution in [0, 0.1) is 29.0 Å². The van der Waals surface area contributed by atoms with E-state index in [-0.39, 0.29) is 23.6 Å². The molecule has 1 N–H and O–H groups in total. The standard InChI is InChI=1S/C38H39FN2O3/c1-24(42)41-34(36(43)44)18-32-31-9-5-6-10-33(31)40(23-26-11-13-30(39)14-12-26)35(32)38(41,22-25-7-3-2-4-8-25)37-19-27-15-28(20-37)17-29(16-27)21-37/h2-14,27-29,34H,15-23H2,1H3,(H,43,44)/t27?,28?,29?,34-,37?,38-/m0/s1. The third kappa shape index (κ3) is 4.02. The van der Waals surface area contributed by atoms with Crippen LogP contribution in [-0.2, 0) is 34.5 Å². The number of hydrogen-bond acceptors (Lipinski definition) is 2. The number of aliphatic carboxylic acids is 1. The molecule has 6 heteroatoms. The SMILES string of the molecule is CC(=O)N1[C@H](C(=O)O)Cc2c(n(Cc3ccc(F)cc3)c3ccccc23)[C@@]1(Cc1ccccc1)C12CC3CC(CC(C3)C1)C2. The Morgan fingerprint density at radius 2 is 1.45 bits per heavy atom. The average molecular weight is 591 g/mol. The summed E-state index contributed by atoms with van der Waals surface area (Å²) in [4.78, 5) is 29.3.